The smallest absolute Gasteiger partial charge is 0.264 e. The molecule has 0 spiro atoms. The van der Waals surface area contributed by atoms with E-state index in [9.17, 15) is 13.2 Å². The van der Waals surface area contributed by atoms with Gasteiger partial charge in [0, 0.05) is 11.5 Å². The van der Waals surface area contributed by atoms with Crippen LogP contribution in [0.15, 0.2) is 40.0 Å². The van der Waals surface area contributed by atoms with Gasteiger partial charge in [-0.05, 0) is 61.1 Å². The SMILES string of the molecule is O=C(NS(=O)(=O)c1cccc(-c2nnco2)c1)C1[C@@H]2[C@H]3CC[C@@H](C3)[C@H]12. The van der Waals surface area contributed by atoms with E-state index >= 15 is 0 Å². The fraction of sp³-hybridized carbons (Fsp3) is 0.471. The fourth-order valence-corrected chi connectivity index (χ4v) is 6.09. The van der Waals surface area contributed by atoms with Crippen molar-refractivity contribution >= 4 is 15.9 Å². The number of hydrogen-bond acceptors (Lipinski definition) is 6. The maximum Gasteiger partial charge on any atom is 0.264 e. The molecule has 1 aromatic heterocycles. The van der Waals surface area contributed by atoms with Crippen molar-refractivity contribution < 1.29 is 17.6 Å². The van der Waals surface area contributed by atoms with Crippen LogP contribution < -0.4 is 4.72 Å². The maximum absolute atomic E-state index is 12.6. The van der Waals surface area contributed by atoms with Crippen LogP contribution in [0, 0.1) is 29.6 Å². The third kappa shape index (κ3) is 2.31. The van der Waals surface area contributed by atoms with Crippen LogP contribution >= 0.6 is 0 Å². The first-order valence-corrected chi connectivity index (χ1v) is 9.96. The van der Waals surface area contributed by atoms with Gasteiger partial charge in [0.05, 0.1) is 4.90 Å². The molecule has 25 heavy (non-hydrogen) atoms. The van der Waals surface area contributed by atoms with Crippen LogP contribution in [0.1, 0.15) is 19.3 Å². The summed E-state index contributed by atoms with van der Waals surface area (Å²) >= 11 is 0. The number of sulfonamides is 1. The van der Waals surface area contributed by atoms with Gasteiger partial charge in [-0.15, -0.1) is 10.2 Å². The number of nitrogens with one attached hydrogen (secondary N) is 1. The second kappa shape index (κ2) is 5.14. The number of aromatic nitrogens is 2. The molecule has 1 amide bonds. The molecule has 0 aliphatic heterocycles. The average molecular weight is 359 g/mol. The number of hydrogen-bond donors (Lipinski definition) is 1. The van der Waals surface area contributed by atoms with Gasteiger partial charge in [0.1, 0.15) is 0 Å². The van der Waals surface area contributed by atoms with Gasteiger partial charge in [-0.25, -0.2) is 13.1 Å². The van der Waals surface area contributed by atoms with Gasteiger partial charge in [-0.3, -0.25) is 4.79 Å². The number of benzene rings is 1. The number of fused-ring (bicyclic) bond motifs is 5. The van der Waals surface area contributed by atoms with Gasteiger partial charge in [-0.1, -0.05) is 6.07 Å². The summed E-state index contributed by atoms with van der Waals surface area (Å²) in [4.78, 5) is 12.5. The van der Waals surface area contributed by atoms with Gasteiger partial charge in [-0.2, -0.15) is 0 Å². The maximum atomic E-state index is 12.6. The topological polar surface area (TPSA) is 102 Å². The first-order chi connectivity index (χ1) is 12.0. The average Bonchev–Trinajstić information content (AvgIpc) is 3.01. The summed E-state index contributed by atoms with van der Waals surface area (Å²) in [7, 11) is -3.91. The van der Waals surface area contributed by atoms with Gasteiger partial charge in [0.25, 0.3) is 10.0 Å². The number of nitrogens with zero attached hydrogens (tertiary/aromatic N) is 2. The van der Waals surface area contributed by atoms with Crippen molar-refractivity contribution in [2.24, 2.45) is 29.6 Å². The quantitative estimate of drug-likeness (QED) is 0.893. The molecule has 2 aromatic rings. The van der Waals surface area contributed by atoms with Crippen LogP contribution in [0.25, 0.3) is 11.5 Å². The van der Waals surface area contributed by atoms with Crippen molar-refractivity contribution in [2.75, 3.05) is 0 Å². The molecule has 2 bridgehead atoms. The Balaban J connectivity index is 1.36. The first kappa shape index (κ1) is 15.1. The Kier molecular flexibility index (Phi) is 3.10. The van der Waals surface area contributed by atoms with E-state index in [1.54, 1.807) is 12.1 Å². The molecule has 3 fully saturated rings. The molecular weight excluding hydrogens is 342 g/mol. The number of amides is 1. The highest BCUT2D eigenvalue weighted by molar-refractivity contribution is 7.90. The molecule has 130 valence electrons. The number of rotatable bonds is 4. The standard InChI is InChI=1S/C17H17N3O4S/c21-16(15-13-9-4-5-10(6-9)14(13)15)20-25(22,23)12-3-1-2-11(7-12)17-19-18-8-24-17/h1-3,7-10,13-15H,4-6H2,(H,20,21)/t9-,10-,13-,14+,15?/m0/s1. The lowest BCUT2D eigenvalue weighted by Crippen LogP contribution is -2.33. The number of carbonyl (C=O) groups is 1. The van der Waals surface area contributed by atoms with E-state index in [4.69, 9.17) is 4.42 Å². The lowest BCUT2D eigenvalue weighted by atomic mass is 10.0. The second-order valence-electron chi connectivity index (χ2n) is 7.26. The Morgan fingerprint density at radius 3 is 2.64 bits per heavy atom. The van der Waals surface area contributed by atoms with Crippen LogP contribution in [-0.2, 0) is 14.8 Å². The third-order valence-corrected chi connectivity index (χ3v) is 7.37. The van der Waals surface area contributed by atoms with Crippen LogP contribution in [0.2, 0.25) is 0 Å². The minimum atomic E-state index is -3.91. The van der Waals surface area contributed by atoms with Gasteiger partial charge >= 0.3 is 0 Å². The molecule has 3 aliphatic carbocycles. The van der Waals surface area contributed by atoms with Crippen LogP contribution in [0.3, 0.4) is 0 Å². The summed E-state index contributed by atoms with van der Waals surface area (Å²) in [6.07, 6.45) is 4.78. The molecule has 5 rings (SSSR count). The molecule has 3 saturated carbocycles. The zero-order chi connectivity index (χ0) is 17.2. The van der Waals surface area contributed by atoms with E-state index < -0.39 is 10.0 Å². The predicted molar refractivity (Wildman–Crippen MR) is 86.4 cm³/mol. The van der Waals surface area contributed by atoms with Crippen LogP contribution in [0.5, 0.6) is 0 Å². The highest BCUT2D eigenvalue weighted by atomic mass is 32.2. The fourth-order valence-electron chi connectivity index (χ4n) is 5.03. The van der Waals surface area contributed by atoms with Gasteiger partial charge in [0.2, 0.25) is 18.2 Å². The van der Waals surface area contributed by atoms with E-state index in [0.717, 1.165) is 0 Å². The zero-order valence-corrected chi connectivity index (χ0v) is 14.1. The molecule has 8 heteroatoms. The Hall–Kier alpha value is -2.22. The molecule has 1 heterocycles. The van der Waals surface area contributed by atoms with Gasteiger partial charge in [0.15, 0.2) is 0 Å². The molecule has 5 atom stereocenters. The molecule has 0 radical (unpaired) electrons. The normalized spacial score (nSPS) is 32.4. The molecule has 1 unspecified atom stereocenters. The summed E-state index contributed by atoms with van der Waals surface area (Å²) < 4.78 is 32.6. The van der Waals surface area contributed by atoms with Crippen molar-refractivity contribution in [1.29, 1.82) is 0 Å². The zero-order valence-electron chi connectivity index (χ0n) is 13.3. The molecule has 1 aromatic carbocycles. The lowest BCUT2D eigenvalue weighted by Gasteiger charge is -2.10. The van der Waals surface area contributed by atoms with Crippen molar-refractivity contribution in [3.05, 3.63) is 30.7 Å². The molecule has 7 nitrogen and oxygen atoms in total. The van der Waals surface area contributed by atoms with E-state index in [1.165, 1.54) is 37.8 Å². The summed E-state index contributed by atoms with van der Waals surface area (Å²) in [6, 6.07) is 6.15. The molecule has 1 N–H and O–H groups in total. The third-order valence-electron chi connectivity index (χ3n) is 6.02. The first-order valence-electron chi connectivity index (χ1n) is 8.48. The van der Waals surface area contributed by atoms with E-state index in [1.807, 2.05) is 0 Å². The monoisotopic (exact) mass is 359 g/mol. The largest absolute Gasteiger partial charge is 0.423 e. The summed E-state index contributed by atoms with van der Waals surface area (Å²) in [5, 5.41) is 7.36. The highest BCUT2D eigenvalue weighted by Gasteiger charge is 2.67. The molecule has 0 saturated heterocycles. The second-order valence-corrected chi connectivity index (χ2v) is 8.94. The Morgan fingerprint density at radius 1 is 1.20 bits per heavy atom. The van der Waals surface area contributed by atoms with Crippen molar-refractivity contribution in [2.45, 2.75) is 24.2 Å². The highest BCUT2D eigenvalue weighted by Crippen LogP contribution is 2.69. The minimum absolute atomic E-state index is 0.0188. The Morgan fingerprint density at radius 2 is 1.96 bits per heavy atom. The van der Waals surface area contributed by atoms with Crippen LogP contribution in [0.4, 0.5) is 0 Å². The summed E-state index contributed by atoms with van der Waals surface area (Å²) in [6.45, 7) is 0. The van der Waals surface area contributed by atoms with E-state index in [-0.39, 0.29) is 22.6 Å². The summed E-state index contributed by atoms with van der Waals surface area (Å²) in [5.41, 5.74) is 0.495. The van der Waals surface area contributed by atoms with Gasteiger partial charge < -0.3 is 4.42 Å². The van der Waals surface area contributed by atoms with Crippen molar-refractivity contribution in [3.63, 3.8) is 0 Å². The summed E-state index contributed by atoms with van der Waals surface area (Å²) in [5.74, 6) is 1.80. The number of carbonyl (C=O) groups excluding carboxylic acids is 1. The Bertz CT molecular complexity index is 925. The van der Waals surface area contributed by atoms with Crippen molar-refractivity contribution in [1.82, 2.24) is 14.9 Å². The lowest BCUT2D eigenvalue weighted by molar-refractivity contribution is -0.121. The van der Waals surface area contributed by atoms with Crippen molar-refractivity contribution in [3.8, 4) is 11.5 Å². The minimum Gasteiger partial charge on any atom is -0.423 e. The Labute approximate surface area is 144 Å². The van der Waals surface area contributed by atoms with E-state index in [2.05, 4.69) is 14.9 Å². The van der Waals surface area contributed by atoms with E-state index in [0.29, 0.717) is 29.2 Å². The molecule has 3 aliphatic rings. The molecular formula is C17H17N3O4S. The predicted octanol–water partition coefficient (Wildman–Crippen LogP) is 1.83. The van der Waals surface area contributed by atoms with Crippen LogP contribution in [-0.4, -0.2) is 24.5 Å².